The number of hydrogen-bond donors (Lipinski definition) is 1. The molecule has 90 valence electrons. The molecule has 0 radical (unpaired) electrons. The van der Waals surface area contributed by atoms with Gasteiger partial charge in [0.05, 0.1) is 6.54 Å². The number of halogens is 1. The Morgan fingerprint density at radius 3 is 2.44 bits per heavy atom. The van der Waals surface area contributed by atoms with E-state index in [4.69, 9.17) is 11.6 Å². The van der Waals surface area contributed by atoms with Crippen LogP contribution in [0.3, 0.4) is 0 Å². The third-order valence-corrected chi connectivity index (χ3v) is 3.34. The van der Waals surface area contributed by atoms with Crippen LogP contribution in [-0.2, 0) is 13.1 Å². The first-order chi connectivity index (χ1) is 8.83. The smallest absolute Gasteiger partial charge is 0.128 e. The normalized spacial score (nSPS) is 14.2. The highest BCUT2D eigenvalue weighted by molar-refractivity contribution is 6.30. The lowest BCUT2D eigenvalue weighted by atomic mass is 10.1. The molecule has 0 fully saturated rings. The molecule has 18 heavy (non-hydrogen) atoms. The number of hydrogen-bond acceptors (Lipinski definition) is 2. The van der Waals surface area contributed by atoms with E-state index in [0.29, 0.717) is 0 Å². The fourth-order valence-electron chi connectivity index (χ4n) is 2.08. The van der Waals surface area contributed by atoms with Gasteiger partial charge in [-0.05, 0) is 35.4 Å². The summed E-state index contributed by atoms with van der Waals surface area (Å²) in [6, 6.07) is 16.1. The number of aliphatic imine (C=N–C) groups is 1. The van der Waals surface area contributed by atoms with E-state index in [1.165, 1.54) is 11.1 Å². The van der Waals surface area contributed by atoms with Crippen LogP contribution < -0.4 is 5.32 Å². The summed E-state index contributed by atoms with van der Waals surface area (Å²) in [4.78, 5) is 4.63. The molecule has 0 spiro atoms. The number of nitrogens with zero attached hydrogens (tertiary/aromatic N) is 1. The minimum atomic E-state index is 0.723. The molecule has 3 rings (SSSR count). The molecular formula is C15H13ClN2. The molecule has 0 saturated heterocycles. The molecule has 2 aromatic carbocycles. The molecule has 2 aromatic rings. The second-order valence-corrected chi connectivity index (χ2v) is 4.73. The van der Waals surface area contributed by atoms with Gasteiger partial charge in [0.15, 0.2) is 0 Å². The van der Waals surface area contributed by atoms with Crippen molar-refractivity contribution in [2.75, 3.05) is 0 Å². The lowest BCUT2D eigenvalue weighted by Gasteiger charge is -2.07. The first-order valence-corrected chi connectivity index (χ1v) is 6.32. The highest BCUT2D eigenvalue weighted by Crippen LogP contribution is 2.15. The highest BCUT2D eigenvalue weighted by atomic mass is 35.5. The van der Waals surface area contributed by atoms with Gasteiger partial charge in [0.1, 0.15) is 5.84 Å². The molecule has 1 N–H and O–H groups in total. The van der Waals surface area contributed by atoms with Crippen molar-refractivity contribution in [3.63, 3.8) is 0 Å². The summed E-state index contributed by atoms with van der Waals surface area (Å²) in [7, 11) is 0. The predicted molar refractivity (Wildman–Crippen MR) is 75.0 cm³/mol. The second-order valence-electron chi connectivity index (χ2n) is 4.29. The molecule has 1 aliphatic rings. The Hall–Kier alpha value is -1.80. The molecule has 0 atom stereocenters. The Morgan fingerprint density at radius 1 is 0.944 bits per heavy atom. The summed E-state index contributed by atoms with van der Waals surface area (Å²) >= 11 is 5.90. The summed E-state index contributed by atoms with van der Waals surface area (Å²) in [5, 5.41) is 4.13. The van der Waals surface area contributed by atoms with Crippen molar-refractivity contribution >= 4 is 17.4 Å². The SMILES string of the molecule is Clc1ccc(C2=NCc3ccccc3CN2)cc1. The second kappa shape index (κ2) is 4.83. The maximum atomic E-state index is 5.90. The molecule has 0 bridgehead atoms. The van der Waals surface area contributed by atoms with E-state index in [2.05, 4.69) is 34.6 Å². The van der Waals surface area contributed by atoms with Gasteiger partial charge in [-0.1, -0.05) is 35.9 Å². The van der Waals surface area contributed by atoms with Crippen molar-refractivity contribution in [3.05, 3.63) is 70.2 Å². The Balaban J connectivity index is 1.89. The number of fused-ring (bicyclic) bond motifs is 1. The van der Waals surface area contributed by atoms with Crippen LogP contribution in [-0.4, -0.2) is 5.84 Å². The zero-order chi connectivity index (χ0) is 12.4. The van der Waals surface area contributed by atoms with Crippen LogP contribution in [0.5, 0.6) is 0 Å². The standard InChI is InChI=1S/C15H13ClN2/c16-14-7-5-11(6-8-14)15-17-9-12-3-1-2-4-13(12)10-18-15/h1-8H,9-10H2,(H,17,18). The van der Waals surface area contributed by atoms with Crippen LogP contribution in [0.25, 0.3) is 0 Å². The van der Waals surface area contributed by atoms with Crippen LogP contribution in [0.15, 0.2) is 53.5 Å². The van der Waals surface area contributed by atoms with Crippen LogP contribution in [0.1, 0.15) is 16.7 Å². The summed E-state index contributed by atoms with van der Waals surface area (Å²) < 4.78 is 0. The van der Waals surface area contributed by atoms with Crippen LogP contribution >= 0.6 is 11.6 Å². The summed E-state index contributed by atoms with van der Waals surface area (Å²) in [5.41, 5.74) is 3.67. The molecule has 1 heterocycles. The fraction of sp³-hybridized carbons (Fsp3) is 0.133. The van der Waals surface area contributed by atoms with Crippen molar-refractivity contribution in [2.45, 2.75) is 13.1 Å². The zero-order valence-electron chi connectivity index (χ0n) is 9.86. The quantitative estimate of drug-likeness (QED) is 0.831. The van der Waals surface area contributed by atoms with Gasteiger partial charge in [0.2, 0.25) is 0 Å². The fourth-order valence-corrected chi connectivity index (χ4v) is 2.21. The maximum absolute atomic E-state index is 5.90. The van der Waals surface area contributed by atoms with Gasteiger partial charge in [0, 0.05) is 17.1 Å². The van der Waals surface area contributed by atoms with Crippen molar-refractivity contribution in [1.82, 2.24) is 5.32 Å². The zero-order valence-corrected chi connectivity index (χ0v) is 10.6. The summed E-state index contributed by atoms with van der Waals surface area (Å²) in [6.07, 6.45) is 0. The van der Waals surface area contributed by atoms with E-state index < -0.39 is 0 Å². The monoisotopic (exact) mass is 256 g/mol. The summed E-state index contributed by atoms with van der Waals surface area (Å²) in [6.45, 7) is 1.54. The Morgan fingerprint density at radius 2 is 1.67 bits per heavy atom. The van der Waals surface area contributed by atoms with Gasteiger partial charge in [0.25, 0.3) is 0 Å². The third-order valence-electron chi connectivity index (χ3n) is 3.09. The van der Waals surface area contributed by atoms with E-state index in [0.717, 1.165) is 29.5 Å². The van der Waals surface area contributed by atoms with Gasteiger partial charge in [-0.3, -0.25) is 4.99 Å². The van der Waals surface area contributed by atoms with E-state index in [1.54, 1.807) is 0 Å². The minimum Gasteiger partial charge on any atom is -0.366 e. The molecule has 0 amide bonds. The predicted octanol–water partition coefficient (Wildman–Crippen LogP) is 3.39. The number of nitrogens with one attached hydrogen (secondary N) is 1. The molecular weight excluding hydrogens is 244 g/mol. The van der Waals surface area contributed by atoms with Gasteiger partial charge in [-0.2, -0.15) is 0 Å². The topological polar surface area (TPSA) is 24.4 Å². The Labute approximate surface area is 111 Å². The van der Waals surface area contributed by atoms with Crippen LogP contribution in [0.4, 0.5) is 0 Å². The van der Waals surface area contributed by atoms with E-state index in [1.807, 2.05) is 24.3 Å². The number of amidine groups is 1. The lowest BCUT2D eigenvalue weighted by Crippen LogP contribution is -2.22. The average molecular weight is 257 g/mol. The molecule has 0 aliphatic carbocycles. The Bertz CT molecular complexity index is 588. The summed E-state index contributed by atoms with van der Waals surface area (Å²) in [5.74, 6) is 0.933. The lowest BCUT2D eigenvalue weighted by molar-refractivity contribution is 0.920. The van der Waals surface area contributed by atoms with Gasteiger partial charge >= 0.3 is 0 Å². The first-order valence-electron chi connectivity index (χ1n) is 5.94. The van der Waals surface area contributed by atoms with Crippen molar-refractivity contribution in [2.24, 2.45) is 4.99 Å². The molecule has 0 unspecified atom stereocenters. The van der Waals surface area contributed by atoms with Crippen LogP contribution in [0.2, 0.25) is 5.02 Å². The molecule has 0 saturated carbocycles. The molecule has 3 heteroatoms. The Kier molecular flexibility index (Phi) is 3.03. The van der Waals surface area contributed by atoms with E-state index in [-0.39, 0.29) is 0 Å². The molecule has 2 nitrogen and oxygen atoms in total. The van der Waals surface area contributed by atoms with E-state index in [9.17, 15) is 0 Å². The maximum Gasteiger partial charge on any atom is 0.128 e. The van der Waals surface area contributed by atoms with Crippen molar-refractivity contribution in [3.8, 4) is 0 Å². The third kappa shape index (κ3) is 2.24. The average Bonchev–Trinajstić information content (AvgIpc) is 2.62. The van der Waals surface area contributed by atoms with Crippen LogP contribution in [0, 0.1) is 0 Å². The van der Waals surface area contributed by atoms with Crippen molar-refractivity contribution in [1.29, 1.82) is 0 Å². The largest absolute Gasteiger partial charge is 0.366 e. The van der Waals surface area contributed by atoms with Crippen molar-refractivity contribution < 1.29 is 0 Å². The van der Waals surface area contributed by atoms with E-state index >= 15 is 0 Å². The van der Waals surface area contributed by atoms with Gasteiger partial charge < -0.3 is 5.32 Å². The highest BCUT2D eigenvalue weighted by Gasteiger charge is 2.09. The number of rotatable bonds is 1. The van der Waals surface area contributed by atoms with Gasteiger partial charge in [-0.25, -0.2) is 0 Å². The first kappa shape index (κ1) is 11.3. The minimum absolute atomic E-state index is 0.723. The number of benzene rings is 2. The molecule has 0 aromatic heterocycles. The molecule has 1 aliphatic heterocycles. The van der Waals surface area contributed by atoms with Gasteiger partial charge in [-0.15, -0.1) is 0 Å².